The number of nitrogens with one attached hydrogen (secondary N) is 1. The van der Waals surface area contributed by atoms with Crippen LogP contribution in [0.3, 0.4) is 0 Å². The fraction of sp³-hybridized carbons (Fsp3) is 0.571. The molecule has 0 spiro atoms. The molecule has 1 heterocycles. The smallest absolute Gasteiger partial charge is 0.129 e. The van der Waals surface area contributed by atoms with E-state index in [1.807, 2.05) is 26.1 Å². The zero-order valence-electron chi connectivity index (χ0n) is 12.7. The van der Waals surface area contributed by atoms with Gasteiger partial charge in [0.1, 0.15) is 5.78 Å². The third kappa shape index (κ3) is 23.2. The van der Waals surface area contributed by atoms with Gasteiger partial charge < -0.3 is 4.79 Å². The number of aromatic nitrogens is 1. The van der Waals surface area contributed by atoms with Gasteiger partial charge in [-0.25, -0.2) is 0 Å². The van der Waals surface area contributed by atoms with Crippen molar-refractivity contribution in [1.82, 2.24) is 9.71 Å². The number of Topliss-reactive ketones (excluding diaryl/α,β-unsaturated/α-hetero) is 1. The summed E-state index contributed by atoms with van der Waals surface area (Å²) in [5.41, 5.74) is 0. The SMILES string of the molecule is Brc1ccncc1.CCC(C)=O.CNSC(C)(C)C. The van der Waals surface area contributed by atoms with Crippen LogP contribution in [-0.4, -0.2) is 22.6 Å². The predicted octanol–water partition coefficient (Wildman–Crippen LogP) is 4.48. The zero-order chi connectivity index (χ0) is 15.3. The van der Waals surface area contributed by atoms with Crippen LogP contribution < -0.4 is 4.72 Å². The molecule has 0 radical (unpaired) electrons. The summed E-state index contributed by atoms with van der Waals surface area (Å²) in [5, 5.41) is 0. The molecular formula is C14H25BrN2OS. The summed E-state index contributed by atoms with van der Waals surface area (Å²) >= 11 is 5.01. The maximum absolute atomic E-state index is 9.81. The molecule has 0 fully saturated rings. The number of carbonyl (C=O) groups is 1. The summed E-state index contributed by atoms with van der Waals surface area (Å²) in [5.74, 6) is 0.255. The Kier molecular flexibility index (Phi) is 13.9. The van der Waals surface area contributed by atoms with Crippen molar-refractivity contribution < 1.29 is 4.79 Å². The quantitative estimate of drug-likeness (QED) is 0.800. The summed E-state index contributed by atoms with van der Waals surface area (Å²) in [6, 6.07) is 3.78. The Bertz CT molecular complexity index is 326. The first-order valence-corrected chi connectivity index (χ1v) is 7.73. The molecule has 19 heavy (non-hydrogen) atoms. The second-order valence-corrected chi connectivity index (χ2v) is 7.39. The molecule has 0 atom stereocenters. The molecule has 0 aliphatic heterocycles. The highest BCUT2D eigenvalue weighted by Gasteiger charge is 2.07. The lowest BCUT2D eigenvalue weighted by molar-refractivity contribution is -0.116. The van der Waals surface area contributed by atoms with E-state index in [1.165, 1.54) is 0 Å². The molecule has 110 valence electrons. The zero-order valence-corrected chi connectivity index (χ0v) is 15.1. The summed E-state index contributed by atoms with van der Waals surface area (Å²) in [4.78, 5) is 13.6. The van der Waals surface area contributed by atoms with Crippen LogP contribution in [0, 0.1) is 0 Å². The van der Waals surface area contributed by atoms with Gasteiger partial charge in [-0.05, 0) is 46.9 Å². The van der Waals surface area contributed by atoms with Gasteiger partial charge in [-0.2, -0.15) is 0 Å². The van der Waals surface area contributed by atoms with Crippen molar-refractivity contribution in [1.29, 1.82) is 0 Å². The lowest BCUT2D eigenvalue weighted by Crippen LogP contribution is -2.13. The number of halogens is 1. The van der Waals surface area contributed by atoms with Gasteiger partial charge in [0.2, 0.25) is 0 Å². The van der Waals surface area contributed by atoms with Crippen molar-refractivity contribution in [2.45, 2.75) is 45.8 Å². The maximum Gasteiger partial charge on any atom is 0.129 e. The van der Waals surface area contributed by atoms with E-state index < -0.39 is 0 Å². The van der Waals surface area contributed by atoms with Crippen LogP contribution in [0.2, 0.25) is 0 Å². The first-order valence-electron chi connectivity index (χ1n) is 6.12. The fourth-order valence-electron chi connectivity index (χ4n) is 0.640. The number of rotatable bonds is 2. The minimum atomic E-state index is 0.255. The molecule has 0 unspecified atom stereocenters. The van der Waals surface area contributed by atoms with E-state index >= 15 is 0 Å². The molecule has 0 aromatic carbocycles. The lowest BCUT2D eigenvalue weighted by atomic mass is 10.3. The minimum Gasteiger partial charge on any atom is -0.300 e. The molecule has 0 aliphatic carbocycles. The minimum absolute atomic E-state index is 0.255. The van der Waals surface area contributed by atoms with Gasteiger partial charge in [0.15, 0.2) is 0 Å². The maximum atomic E-state index is 9.81. The summed E-state index contributed by atoms with van der Waals surface area (Å²) in [6.45, 7) is 9.96. The number of ketones is 1. The molecule has 0 bridgehead atoms. The molecule has 0 saturated carbocycles. The third-order valence-electron chi connectivity index (χ3n) is 1.55. The Hall–Kier alpha value is -0.390. The molecule has 1 rings (SSSR count). The Morgan fingerprint density at radius 1 is 1.37 bits per heavy atom. The first-order chi connectivity index (χ1) is 8.72. The van der Waals surface area contributed by atoms with E-state index in [-0.39, 0.29) is 5.78 Å². The molecular weight excluding hydrogens is 324 g/mol. The van der Waals surface area contributed by atoms with Crippen molar-refractivity contribution in [3.8, 4) is 0 Å². The Balaban J connectivity index is 0. The van der Waals surface area contributed by atoms with Crippen molar-refractivity contribution in [2.24, 2.45) is 0 Å². The normalized spacial score (nSPS) is 9.63. The molecule has 0 saturated heterocycles. The fourth-order valence-corrected chi connectivity index (χ4v) is 1.49. The van der Waals surface area contributed by atoms with E-state index in [2.05, 4.69) is 46.4 Å². The lowest BCUT2D eigenvalue weighted by Gasteiger charge is -2.14. The van der Waals surface area contributed by atoms with E-state index in [0.29, 0.717) is 11.2 Å². The summed E-state index contributed by atoms with van der Waals surface area (Å²) < 4.78 is 4.45. The van der Waals surface area contributed by atoms with E-state index in [1.54, 1.807) is 31.3 Å². The summed E-state index contributed by atoms with van der Waals surface area (Å²) in [7, 11) is 1.94. The highest BCUT2D eigenvalue weighted by atomic mass is 79.9. The standard InChI is InChI=1S/C5H4BrN.C5H13NS.C4H8O/c6-5-1-3-7-4-2-5;1-5(2,3)7-6-4;1-3-4(2)5/h1-4H;6H,1-4H3;3H2,1-2H3. The topological polar surface area (TPSA) is 42.0 Å². The second-order valence-electron chi connectivity index (χ2n) is 4.64. The molecule has 1 aromatic heterocycles. The molecule has 0 amide bonds. The molecule has 3 nitrogen and oxygen atoms in total. The van der Waals surface area contributed by atoms with Gasteiger partial charge >= 0.3 is 0 Å². The molecule has 0 aliphatic rings. The number of hydrogen-bond donors (Lipinski definition) is 1. The Morgan fingerprint density at radius 2 is 1.79 bits per heavy atom. The number of nitrogens with zero attached hydrogens (tertiary/aromatic N) is 1. The van der Waals surface area contributed by atoms with Crippen LogP contribution in [0.25, 0.3) is 0 Å². The average Bonchev–Trinajstić information content (AvgIpc) is 2.30. The van der Waals surface area contributed by atoms with Crippen molar-refractivity contribution in [2.75, 3.05) is 7.05 Å². The van der Waals surface area contributed by atoms with Gasteiger partial charge in [0.25, 0.3) is 0 Å². The van der Waals surface area contributed by atoms with Crippen LogP contribution in [0.4, 0.5) is 0 Å². The van der Waals surface area contributed by atoms with Crippen LogP contribution in [0.1, 0.15) is 41.0 Å². The number of carbonyl (C=O) groups excluding carboxylic acids is 1. The monoisotopic (exact) mass is 348 g/mol. The third-order valence-corrected chi connectivity index (χ3v) is 2.89. The van der Waals surface area contributed by atoms with E-state index in [0.717, 1.165) is 4.47 Å². The van der Waals surface area contributed by atoms with E-state index in [9.17, 15) is 4.79 Å². The summed E-state index contributed by atoms with van der Waals surface area (Å²) in [6.07, 6.45) is 4.15. The number of pyridine rings is 1. The van der Waals surface area contributed by atoms with Gasteiger partial charge in [-0.3, -0.25) is 9.71 Å². The van der Waals surface area contributed by atoms with Gasteiger partial charge in [0, 0.05) is 28.0 Å². The molecule has 1 N–H and O–H groups in total. The molecule has 1 aromatic rings. The van der Waals surface area contributed by atoms with Crippen LogP contribution in [-0.2, 0) is 4.79 Å². The highest BCUT2D eigenvalue weighted by Crippen LogP contribution is 2.17. The van der Waals surface area contributed by atoms with Crippen molar-refractivity contribution in [3.63, 3.8) is 0 Å². The Labute approximate surface area is 130 Å². The van der Waals surface area contributed by atoms with Crippen molar-refractivity contribution >= 4 is 33.7 Å². The van der Waals surface area contributed by atoms with E-state index in [4.69, 9.17) is 0 Å². The van der Waals surface area contributed by atoms with Crippen LogP contribution >= 0.6 is 27.9 Å². The van der Waals surface area contributed by atoms with Gasteiger partial charge in [-0.1, -0.05) is 34.8 Å². The Morgan fingerprint density at radius 3 is 1.89 bits per heavy atom. The predicted molar refractivity (Wildman–Crippen MR) is 89.3 cm³/mol. The highest BCUT2D eigenvalue weighted by molar-refractivity contribution is 9.10. The van der Waals surface area contributed by atoms with Gasteiger partial charge in [0.05, 0.1) is 0 Å². The van der Waals surface area contributed by atoms with Crippen LogP contribution in [0.15, 0.2) is 29.0 Å². The largest absolute Gasteiger partial charge is 0.300 e. The molecule has 5 heteroatoms. The number of hydrogen-bond acceptors (Lipinski definition) is 4. The van der Waals surface area contributed by atoms with Gasteiger partial charge in [-0.15, -0.1) is 0 Å². The second kappa shape index (κ2) is 12.6. The van der Waals surface area contributed by atoms with Crippen molar-refractivity contribution in [3.05, 3.63) is 29.0 Å². The average molecular weight is 349 g/mol. The van der Waals surface area contributed by atoms with Crippen LogP contribution in [0.5, 0.6) is 0 Å². The first kappa shape index (κ1) is 20.9.